The summed E-state index contributed by atoms with van der Waals surface area (Å²) in [5.74, 6) is -0.343. The number of nitrogens with one attached hydrogen (secondary N) is 3. The number of carbonyl (C=O) groups excluding carboxylic acids is 2. The first kappa shape index (κ1) is 27.2. The van der Waals surface area contributed by atoms with Crippen LogP contribution in [0.15, 0.2) is 53.3 Å². The Balaban J connectivity index is 1.46. The number of fused-ring (bicyclic) bond motifs is 3. The highest BCUT2D eigenvalue weighted by atomic mass is 35.5. The molecular weight excluding hydrogens is 506 g/mol. The van der Waals surface area contributed by atoms with E-state index in [9.17, 15) is 14.4 Å². The minimum absolute atomic E-state index is 0.122. The molecule has 200 valence electrons. The van der Waals surface area contributed by atoms with Crippen molar-refractivity contribution in [3.8, 4) is 0 Å². The molecule has 0 aliphatic rings. The fourth-order valence-corrected chi connectivity index (χ4v) is 4.47. The van der Waals surface area contributed by atoms with E-state index in [2.05, 4.69) is 20.8 Å². The molecule has 4 rings (SSSR count). The Morgan fingerprint density at radius 2 is 1.84 bits per heavy atom. The van der Waals surface area contributed by atoms with Crippen LogP contribution in [0.3, 0.4) is 0 Å². The summed E-state index contributed by atoms with van der Waals surface area (Å²) >= 11 is 5.99. The van der Waals surface area contributed by atoms with Crippen LogP contribution in [0.5, 0.6) is 0 Å². The standard InChI is InChI=1S/C28H32ClN5O4/c1-17-23-24(33-32-17)20-8-5-6-9-22(20)34(26(23)36)15-7-14-30-25(35)21(31-27(37)38-28(2,3)4)16-18-10-12-19(29)13-11-18/h5-6,8-13,21H,7,14-16H2,1-4H3,(H,30,35)(H,31,37)(H,32,33). The highest BCUT2D eigenvalue weighted by Gasteiger charge is 2.24. The summed E-state index contributed by atoms with van der Waals surface area (Å²) in [6.07, 6.45) is 0.106. The second kappa shape index (κ2) is 11.3. The molecule has 0 saturated carbocycles. The summed E-state index contributed by atoms with van der Waals surface area (Å²) < 4.78 is 7.07. The SMILES string of the molecule is Cc1[nH]nc2c1c(=O)n(CCCNC(=O)C(Cc1ccc(Cl)cc1)NC(=O)OC(C)(C)C)c1ccccc21. The number of nitrogens with zero attached hydrogens (tertiary/aromatic N) is 2. The maximum Gasteiger partial charge on any atom is 0.408 e. The Hall–Kier alpha value is -3.85. The Labute approximate surface area is 225 Å². The monoisotopic (exact) mass is 537 g/mol. The molecule has 4 aromatic rings. The number of aryl methyl sites for hydroxylation is 2. The molecule has 0 aliphatic carbocycles. The number of carbonyl (C=O) groups is 2. The van der Waals surface area contributed by atoms with Gasteiger partial charge in [-0.05, 0) is 57.9 Å². The maximum absolute atomic E-state index is 13.3. The van der Waals surface area contributed by atoms with Crippen molar-refractivity contribution in [2.75, 3.05) is 6.54 Å². The molecule has 3 N–H and O–H groups in total. The Kier molecular flexibility index (Phi) is 8.06. The van der Waals surface area contributed by atoms with Gasteiger partial charge in [-0.3, -0.25) is 14.7 Å². The Morgan fingerprint density at radius 1 is 1.13 bits per heavy atom. The molecule has 2 heterocycles. The normalized spacial score (nSPS) is 12.4. The molecule has 2 aromatic heterocycles. The van der Waals surface area contributed by atoms with Gasteiger partial charge in [0.25, 0.3) is 5.56 Å². The van der Waals surface area contributed by atoms with Gasteiger partial charge in [0.05, 0.1) is 10.9 Å². The Bertz CT molecular complexity index is 1520. The number of ether oxygens (including phenoxy) is 1. The van der Waals surface area contributed by atoms with Gasteiger partial charge in [-0.15, -0.1) is 0 Å². The Morgan fingerprint density at radius 3 is 2.55 bits per heavy atom. The van der Waals surface area contributed by atoms with Crippen molar-refractivity contribution < 1.29 is 14.3 Å². The lowest BCUT2D eigenvalue weighted by molar-refractivity contribution is -0.123. The molecule has 0 aliphatic heterocycles. The fourth-order valence-electron chi connectivity index (χ4n) is 4.35. The zero-order chi connectivity index (χ0) is 27.4. The summed E-state index contributed by atoms with van der Waals surface area (Å²) in [4.78, 5) is 38.8. The van der Waals surface area contributed by atoms with Gasteiger partial charge in [-0.2, -0.15) is 5.10 Å². The molecular formula is C28H32ClN5O4. The van der Waals surface area contributed by atoms with E-state index < -0.39 is 17.7 Å². The minimum atomic E-state index is -0.848. The average Bonchev–Trinajstić information content (AvgIpc) is 3.25. The quantitative estimate of drug-likeness (QED) is 0.286. The van der Waals surface area contributed by atoms with Crippen LogP contribution in [0.1, 0.15) is 38.4 Å². The predicted octanol–water partition coefficient (Wildman–Crippen LogP) is 4.48. The second-order valence-electron chi connectivity index (χ2n) is 10.2. The van der Waals surface area contributed by atoms with Crippen LogP contribution in [0, 0.1) is 6.92 Å². The van der Waals surface area contributed by atoms with E-state index in [1.165, 1.54) is 0 Å². The van der Waals surface area contributed by atoms with Gasteiger partial charge in [-0.25, -0.2) is 4.79 Å². The number of aromatic nitrogens is 3. The zero-order valence-corrected chi connectivity index (χ0v) is 22.7. The second-order valence-corrected chi connectivity index (χ2v) is 10.7. The number of H-pyrrole nitrogens is 1. The van der Waals surface area contributed by atoms with E-state index in [0.717, 1.165) is 22.2 Å². The first-order valence-electron chi connectivity index (χ1n) is 12.5. The van der Waals surface area contributed by atoms with Gasteiger partial charge >= 0.3 is 6.09 Å². The molecule has 1 atom stereocenters. The van der Waals surface area contributed by atoms with E-state index >= 15 is 0 Å². The third-order valence-corrected chi connectivity index (χ3v) is 6.33. The van der Waals surface area contributed by atoms with Gasteiger partial charge in [-0.1, -0.05) is 41.9 Å². The molecule has 10 heteroatoms. The molecule has 9 nitrogen and oxygen atoms in total. The number of hydrogen-bond acceptors (Lipinski definition) is 5. The molecule has 0 spiro atoms. The van der Waals surface area contributed by atoms with E-state index in [1.807, 2.05) is 43.3 Å². The highest BCUT2D eigenvalue weighted by molar-refractivity contribution is 6.30. The van der Waals surface area contributed by atoms with Crippen molar-refractivity contribution >= 4 is 45.4 Å². The van der Waals surface area contributed by atoms with Crippen LogP contribution in [-0.4, -0.2) is 45.0 Å². The predicted molar refractivity (Wildman–Crippen MR) is 149 cm³/mol. The van der Waals surface area contributed by atoms with Crippen LogP contribution in [0.25, 0.3) is 21.8 Å². The number of aromatic amines is 1. The van der Waals surface area contributed by atoms with Gasteiger partial charge in [0.15, 0.2) is 0 Å². The van der Waals surface area contributed by atoms with E-state index in [1.54, 1.807) is 37.5 Å². The number of benzene rings is 2. The summed E-state index contributed by atoms with van der Waals surface area (Å²) in [6.45, 7) is 7.82. The van der Waals surface area contributed by atoms with Crippen molar-refractivity contribution in [2.45, 2.75) is 58.7 Å². The van der Waals surface area contributed by atoms with Crippen molar-refractivity contribution in [1.29, 1.82) is 0 Å². The summed E-state index contributed by atoms with van der Waals surface area (Å²) in [6, 6.07) is 13.9. The first-order chi connectivity index (χ1) is 18.0. The van der Waals surface area contributed by atoms with Gasteiger partial charge in [0.2, 0.25) is 5.91 Å². The van der Waals surface area contributed by atoms with Crippen molar-refractivity contribution in [2.24, 2.45) is 0 Å². The van der Waals surface area contributed by atoms with E-state index in [-0.39, 0.29) is 17.9 Å². The number of alkyl carbamates (subject to hydrolysis) is 1. The van der Waals surface area contributed by atoms with Crippen molar-refractivity contribution in [1.82, 2.24) is 25.4 Å². The zero-order valence-electron chi connectivity index (χ0n) is 21.9. The van der Waals surface area contributed by atoms with Crippen LogP contribution in [0.2, 0.25) is 5.02 Å². The summed E-state index contributed by atoms with van der Waals surface area (Å²) in [5.41, 5.74) is 2.18. The van der Waals surface area contributed by atoms with E-state index in [0.29, 0.717) is 35.4 Å². The number of para-hydroxylation sites is 1. The molecule has 0 fully saturated rings. The van der Waals surface area contributed by atoms with Crippen molar-refractivity contribution in [3.63, 3.8) is 0 Å². The molecule has 2 amide bonds. The number of rotatable bonds is 8. The molecule has 1 unspecified atom stereocenters. The molecule has 2 aromatic carbocycles. The molecule has 0 bridgehead atoms. The van der Waals surface area contributed by atoms with Gasteiger partial charge < -0.3 is 19.9 Å². The van der Waals surface area contributed by atoms with Gasteiger partial charge in [0, 0.05) is 35.6 Å². The number of hydrogen-bond donors (Lipinski definition) is 3. The number of pyridine rings is 1. The van der Waals surface area contributed by atoms with E-state index in [4.69, 9.17) is 16.3 Å². The van der Waals surface area contributed by atoms with Gasteiger partial charge in [0.1, 0.15) is 17.2 Å². The maximum atomic E-state index is 13.3. The van der Waals surface area contributed by atoms with Crippen molar-refractivity contribution in [3.05, 3.63) is 75.2 Å². The molecule has 38 heavy (non-hydrogen) atoms. The number of amides is 2. The summed E-state index contributed by atoms with van der Waals surface area (Å²) in [5, 5.41) is 14.9. The summed E-state index contributed by atoms with van der Waals surface area (Å²) in [7, 11) is 0. The third-order valence-electron chi connectivity index (χ3n) is 6.07. The lowest BCUT2D eigenvalue weighted by atomic mass is 10.1. The minimum Gasteiger partial charge on any atom is -0.444 e. The number of halogens is 1. The average molecular weight is 538 g/mol. The van der Waals surface area contributed by atoms with Crippen LogP contribution < -0.4 is 16.2 Å². The lowest BCUT2D eigenvalue weighted by Gasteiger charge is -2.23. The lowest BCUT2D eigenvalue weighted by Crippen LogP contribution is -2.49. The van der Waals surface area contributed by atoms with Crippen LogP contribution in [0.4, 0.5) is 4.79 Å². The topological polar surface area (TPSA) is 118 Å². The smallest absolute Gasteiger partial charge is 0.408 e. The fraction of sp³-hybridized carbons (Fsp3) is 0.357. The molecule has 0 radical (unpaired) electrons. The first-order valence-corrected chi connectivity index (χ1v) is 12.9. The largest absolute Gasteiger partial charge is 0.444 e. The highest BCUT2D eigenvalue weighted by Crippen LogP contribution is 2.22. The third kappa shape index (κ3) is 6.34. The van der Waals surface area contributed by atoms with Crippen LogP contribution >= 0.6 is 11.6 Å². The van der Waals surface area contributed by atoms with Crippen LogP contribution in [-0.2, 0) is 22.5 Å². The molecule has 0 saturated heterocycles.